The molecular formula is C17H17N3O4. The van der Waals surface area contributed by atoms with Gasteiger partial charge in [-0.3, -0.25) is 14.7 Å². The van der Waals surface area contributed by atoms with Gasteiger partial charge in [-0.1, -0.05) is 12.1 Å². The maximum atomic E-state index is 12.3. The van der Waals surface area contributed by atoms with E-state index in [0.29, 0.717) is 11.3 Å². The highest BCUT2D eigenvalue weighted by molar-refractivity contribution is 5.80. The summed E-state index contributed by atoms with van der Waals surface area (Å²) in [6, 6.07) is 8.81. The van der Waals surface area contributed by atoms with E-state index in [4.69, 9.17) is 4.74 Å². The molecule has 0 radical (unpaired) electrons. The van der Waals surface area contributed by atoms with Crippen molar-refractivity contribution in [1.82, 2.24) is 14.6 Å². The molecule has 7 heteroatoms. The van der Waals surface area contributed by atoms with Crippen molar-refractivity contribution in [3.63, 3.8) is 0 Å². The number of aromatic nitrogens is 3. The minimum atomic E-state index is -0.440. The second kappa shape index (κ2) is 6.19. The van der Waals surface area contributed by atoms with Gasteiger partial charge in [-0.25, -0.2) is 9.50 Å². The molecule has 24 heavy (non-hydrogen) atoms. The highest BCUT2D eigenvalue weighted by Crippen LogP contribution is 2.28. The summed E-state index contributed by atoms with van der Waals surface area (Å²) < 4.78 is 11.2. The average molecular weight is 327 g/mol. The van der Waals surface area contributed by atoms with Crippen molar-refractivity contribution in [2.24, 2.45) is 0 Å². The van der Waals surface area contributed by atoms with Gasteiger partial charge in [0.15, 0.2) is 5.65 Å². The number of nitrogens with zero attached hydrogens (tertiary/aromatic N) is 2. The van der Waals surface area contributed by atoms with Gasteiger partial charge in [-0.2, -0.15) is 0 Å². The fourth-order valence-corrected chi connectivity index (χ4v) is 2.61. The topological polar surface area (TPSA) is 85.7 Å². The van der Waals surface area contributed by atoms with E-state index in [0.717, 1.165) is 22.6 Å². The minimum absolute atomic E-state index is 0.0471. The Kier molecular flexibility index (Phi) is 4.07. The number of carbonyl (C=O) groups excluding carboxylic acids is 1. The number of benzene rings is 1. The molecule has 2 heterocycles. The molecule has 0 amide bonds. The Labute approximate surface area is 137 Å². The number of hydrogen-bond donors (Lipinski definition) is 1. The molecule has 0 bridgehead atoms. The zero-order valence-corrected chi connectivity index (χ0v) is 13.6. The molecule has 0 unspecified atom stereocenters. The van der Waals surface area contributed by atoms with Crippen LogP contribution in [0.15, 0.2) is 35.1 Å². The maximum absolute atomic E-state index is 12.3. The molecule has 2 aromatic heterocycles. The summed E-state index contributed by atoms with van der Waals surface area (Å²) in [5.74, 6) is 0.303. The van der Waals surface area contributed by atoms with Gasteiger partial charge >= 0.3 is 5.97 Å². The van der Waals surface area contributed by atoms with Gasteiger partial charge in [-0.15, -0.1) is 0 Å². The highest BCUT2D eigenvalue weighted by Gasteiger charge is 2.16. The minimum Gasteiger partial charge on any atom is -0.497 e. The van der Waals surface area contributed by atoms with E-state index in [1.807, 2.05) is 31.2 Å². The summed E-state index contributed by atoms with van der Waals surface area (Å²) in [5.41, 5.74) is 3.09. The molecule has 0 saturated heterocycles. The van der Waals surface area contributed by atoms with Crippen molar-refractivity contribution in [3.05, 3.63) is 52.1 Å². The van der Waals surface area contributed by atoms with Crippen LogP contribution in [0.2, 0.25) is 0 Å². The zero-order chi connectivity index (χ0) is 17.3. The first-order valence-electron chi connectivity index (χ1n) is 7.36. The smallest absolute Gasteiger partial charge is 0.311 e. The van der Waals surface area contributed by atoms with Gasteiger partial charge in [0.1, 0.15) is 5.75 Å². The fraction of sp³-hybridized carbons (Fsp3) is 0.235. The van der Waals surface area contributed by atoms with Crippen LogP contribution in [-0.4, -0.2) is 34.8 Å². The number of aryl methyl sites for hydroxylation is 1. The molecule has 124 valence electrons. The number of fused-ring (bicyclic) bond motifs is 1. The third-order valence-electron chi connectivity index (χ3n) is 3.78. The Morgan fingerprint density at radius 2 is 1.96 bits per heavy atom. The van der Waals surface area contributed by atoms with Gasteiger partial charge in [0.25, 0.3) is 5.56 Å². The first-order chi connectivity index (χ1) is 11.5. The third-order valence-corrected chi connectivity index (χ3v) is 3.78. The van der Waals surface area contributed by atoms with Crippen molar-refractivity contribution in [1.29, 1.82) is 0 Å². The van der Waals surface area contributed by atoms with E-state index < -0.39 is 5.97 Å². The lowest BCUT2D eigenvalue weighted by Crippen LogP contribution is -2.17. The van der Waals surface area contributed by atoms with E-state index in [2.05, 4.69) is 14.8 Å². The quantitative estimate of drug-likeness (QED) is 0.738. The molecule has 0 spiro atoms. The van der Waals surface area contributed by atoms with Crippen molar-refractivity contribution in [2.45, 2.75) is 13.3 Å². The number of aromatic amines is 1. The van der Waals surface area contributed by atoms with Crippen molar-refractivity contribution in [2.75, 3.05) is 14.2 Å². The monoisotopic (exact) mass is 327 g/mol. The normalized spacial score (nSPS) is 10.8. The molecule has 0 atom stereocenters. The Hall–Kier alpha value is -3.09. The number of nitrogens with one attached hydrogen (secondary N) is 1. The molecular weight excluding hydrogens is 310 g/mol. The number of methoxy groups -OCH3 is 2. The molecule has 0 aliphatic carbocycles. The molecule has 1 aromatic carbocycles. The molecule has 3 aromatic rings. The summed E-state index contributed by atoms with van der Waals surface area (Å²) in [5, 5.41) is 3.01. The summed E-state index contributed by atoms with van der Waals surface area (Å²) >= 11 is 0. The van der Waals surface area contributed by atoms with Crippen LogP contribution < -0.4 is 10.3 Å². The van der Waals surface area contributed by atoms with Crippen LogP contribution in [0.25, 0.3) is 16.8 Å². The van der Waals surface area contributed by atoms with E-state index in [9.17, 15) is 9.59 Å². The summed E-state index contributed by atoms with van der Waals surface area (Å²) in [6.07, 6.45) is -0.0471. The number of rotatable bonds is 4. The Morgan fingerprint density at radius 1 is 1.25 bits per heavy atom. The van der Waals surface area contributed by atoms with Crippen LogP contribution in [0.1, 0.15) is 11.4 Å². The average Bonchev–Trinajstić information content (AvgIpc) is 2.91. The lowest BCUT2D eigenvalue weighted by molar-refractivity contribution is -0.139. The Bertz CT molecular complexity index is 954. The number of carbonyl (C=O) groups is 1. The fourth-order valence-electron chi connectivity index (χ4n) is 2.61. The first-order valence-corrected chi connectivity index (χ1v) is 7.36. The van der Waals surface area contributed by atoms with Gasteiger partial charge in [-0.05, 0) is 24.6 Å². The van der Waals surface area contributed by atoms with Crippen LogP contribution in [0.4, 0.5) is 0 Å². The molecule has 0 fully saturated rings. The lowest BCUT2D eigenvalue weighted by atomic mass is 10.1. The maximum Gasteiger partial charge on any atom is 0.311 e. The highest BCUT2D eigenvalue weighted by atomic mass is 16.5. The van der Waals surface area contributed by atoms with Crippen molar-refractivity contribution < 1.29 is 14.3 Å². The predicted molar refractivity (Wildman–Crippen MR) is 88.3 cm³/mol. The van der Waals surface area contributed by atoms with Crippen molar-refractivity contribution >= 4 is 11.6 Å². The SMILES string of the molecule is COC(=O)Cc1cc(=O)n2[nH]c(C)c(-c3ccc(OC)cc3)c2n1. The molecule has 3 rings (SSSR count). The second-order valence-electron chi connectivity index (χ2n) is 5.34. The summed E-state index contributed by atoms with van der Waals surface area (Å²) in [6.45, 7) is 1.87. The van der Waals surface area contributed by atoms with Crippen LogP contribution in [-0.2, 0) is 16.0 Å². The van der Waals surface area contributed by atoms with E-state index in [-0.39, 0.29) is 12.0 Å². The number of ether oxygens (including phenoxy) is 2. The van der Waals surface area contributed by atoms with Crippen LogP contribution in [0, 0.1) is 6.92 Å². The van der Waals surface area contributed by atoms with Crippen LogP contribution in [0.5, 0.6) is 5.75 Å². The first kappa shape index (κ1) is 15.8. The molecule has 1 N–H and O–H groups in total. The Balaban J connectivity index is 2.17. The van der Waals surface area contributed by atoms with Crippen LogP contribution in [0.3, 0.4) is 0 Å². The zero-order valence-electron chi connectivity index (χ0n) is 13.6. The standard InChI is InChI=1S/C17H17N3O4/c1-10-16(11-4-6-13(23-2)7-5-11)17-18-12(9-15(22)24-3)8-14(21)20(17)19-10/h4-8,19H,9H2,1-3H3. The summed E-state index contributed by atoms with van der Waals surface area (Å²) in [4.78, 5) is 28.2. The van der Waals surface area contributed by atoms with Gasteiger partial charge in [0, 0.05) is 17.3 Å². The third kappa shape index (κ3) is 2.76. The van der Waals surface area contributed by atoms with E-state index in [1.54, 1.807) is 7.11 Å². The van der Waals surface area contributed by atoms with Crippen molar-refractivity contribution in [3.8, 4) is 16.9 Å². The number of H-pyrrole nitrogens is 1. The van der Waals surface area contributed by atoms with Crippen LogP contribution >= 0.6 is 0 Å². The predicted octanol–water partition coefficient (Wildman–Crippen LogP) is 1.72. The largest absolute Gasteiger partial charge is 0.497 e. The Morgan fingerprint density at radius 3 is 2.58 bits per heavy atom. The molecule has 7 nitrogen and oxygen atoms in total. The van der Waals surface area contributed by atoms with Gasteiger partial charge < -0.3 is 9.47 Å². The van der Waals surface area contributed by atoms with E-state index in [1.165, 1.54) is 17.7 Å². The molecule has 0 saturated carbocycles. The number of hydrogen-bond acceptors (Lipinski definition) is 5. The second-order valence-corrected chi connectivity index (χ2v) is 5.34. The number of esters is 1. The lowest BCUT2D eigenvalue weighted by Gasteiger charge is -2.04. The van der Waals surface area contributed by atoms with Gasteiger partial charge in [0.2, 0.25) is 0 Å². The van der Waals surface area contributed by atoms with E-state index >= 15 is 0 Å². The summed E-state index contributed by atoms with van der Waals surface area (Å²) in [7, 11) is 2.91. The molecule has 0 aliphatic heterocycles. The van der Waals surface area contributed by atoms with Gasteiger partial charge in [0.05, 0.1) is 26.3 Å². The molecule has 0 aliphatic rings.